The van der Waals surface area contributed by atoms with Crippen LogP contribution in [0.2, 0.25) is 0 Å². The van der Waals surface area contributed by atoms with E-state index in [1.165, 1.54) is 12.8 Å². The van der Waals surface area contributed by atoms with Crippen molar-refractivity contribution in [3.8, 4) is 0 Å². The number of hydrogen-bond acceptors (Lipinski definition) is 3. The average Bonchev–Trinajstić information content (AvgIpc) is 2.15. The number of carboxylic acid groups (broad SMARTS) is 1. The first-order valence-electron chi connectivity index (χ1n) is 5.20. The number of hydrogen-bond donors (Lipinski definition) is 1. The van der Waals surface area contributed by atoms with E-state index in [2.05, 4.69) is 23.9 Å². The maximum absolute atomic E-state index is 10.4. The predicted octanol–water partition coefficient (Wildman–Crippen LogP) is 0.487. The molecular weight excluding hydrogens is 180 g/mol. The van der Waals surface area contributed by atoms with Gasteiger partial charge in [-0.15, -0.1) is 0 Å². The quantitative estimate of drug-likeness (QED) is 0.717. The molecule has 0 aromatic carbocycles. The second-order valence-electron chi connectivity index (χ2n) is 4.20. The molecule has 1 atom stereocenters. The molecule has 0 unspecified atom stereocenters. The van der Waals surface area contributed by atoms with Crippen LogP contribution in [0.4, 0.5) is 0 Å². The zero-order chi connectivity index (χ0) is 10.6. The summed E-state index contributed by atoms with van der Waals surface area (Å²) < 4.78 is 0. The molecule has 14 heavy (non-hydrogen) atoms. The molecule has 0 saturated carbocycles. The van der Waals surface area contributed by atoms with Gasteiger partial charge in [0.15, 0.2) is 0 Å². The van der Waals surface area contributed by atoms with Crippen LogP contribution in [0, 0.1) is 0 Å². The lowest BCUT2D eigenvalue weighted by Gasteiger charge is -2.35. The van der Waals surface area contributed by atoms with Crippen molar-refractivity contribution in [2.75, 3.05) is 33.7 Å². The minimum Gasteiger partial charge on any atom is -0.481 e. The second kappa shape index (κ2) is 5.32. The number of likely N-dealkylation sites (N-methyl/N-ethyl adjacent to an activating group) is 1. The van der Waals surface area contributed by atoms with Crippen molar-refractivity contribution in [3.05, 3.63) is 0 Å². The fourth-order valence-corrected chi connectivity index (χ4v) is 1.91. The molecule has 0 spiro atoms. The number of carboxylic acids is 1. The van der Waals surface area contributed by atoms with Crippen LogP contribution in [0.1, 0.15) is 19.3 Å². The van der Waals surface area contributed by atoms with Crippen molar-refractivity contribution < 1.29 is 9.90 Å². The molecule has 1 aliphatic heterocycles. The monoisotopic (exact) mass is 200 g/mol. The van der Waals surface area contributed by atoms with E-state index in [-0.39, 0.29) is 6.42 Å². The summed E-state index contributed by atoms with van der Waals surface area (Å²) in [4.78, 5) is 14.9. The zero-order valence-electron chi connectivity index (χ0n) is 9.07. The minimum atomic E-state index is -0.697. The van der Waals surface area contributed by atoms with E-state index in [1.54, 1.807) is 0 Å². The lowest BCUT2D eigenvalue weighted by molar-refractivity contribution is -0.137. The number of rotatable bonds is 4. The van der Waals surface area contributed by atoms with Gasteiger partial charge in [-0.3, -0.25) is 4.79 Å². The maximum atomic E-state index is 10.4. The van der Waals surface area contributed by atoms with Crippen LogP contribution in [-0.2, 0) is 4.79 Å². The Labute approximate surface area is 85.5 Å². The topological polar surface area (TPSA) is 43.8 Å². The predicted molar refractivity (Wildman–Crippen MR) is 55.4 cm³/mol. The minimum absolute atomic E-state index is 0.264. The van der Waals surface area contributed by atoms with Gasteiger partial charge in [0.05, 0.1) is 6.42 Å². The van der Waals surface area contributed by atoms with Gasteiger partial charge in [0.25, 0.3) is 0 Å². The van der Waals surface area contributed by atoms with Gasteiger partial charge in [0.2, 0.25) is 0 Å². The van der Waals surface area contributed by atoms with Gasteiger partial charge in [-0.25, -0.2) is 0 Å². The lowest BCUT2D eigenvalue weighted by Crippen LogP contribution is -2.45. The molecular formula is C10H20N2O2. The molecule has 1 N–H and O–H groups in total. The normalized spacial score (nSPS) is 24.1. The van der Waals surface area contributed by atoms with Crippen molar-refractivity contribution in [2.45, 2.75) is 25.3 Å². The van der Waals surface area contributed by atoms with E-state index >= 15 is 0 Å². The van der Waals surface area contributed by atoms with Crippen molar-refractivity contribution >= 4 is 5.97 Å². The number of carbonyl (C=O) groups is 1. The molecule has 1 saturated heterocycles. The Bertz CT molecular complexity index is 195. The highest BCUT2D eigenvalue weighted by molar-refractivity contribution is 5.66. The summed E-state index contributed by atoms with van der Waals surface area (Å²) in [5, 5.41) is 8.58. The first-order valence-corrected chi connectivity index (χ1v) is 5.20. The summed E-state index contributed by atoms with van der Waals surface area (Å²) in [6.07, 6.45) is 2.68. The third-order valence-electron chi connectivity index (χ3n) is 2.85. The Morgan fingerprint density at radius 3 is 2.86 bits per heavy atom. The largest absolute Gasteiger partial charge is 0.481 e. The summed E-state index contributed by atoms with van der Waals surface area (Å²) in [7, 11) is 4.18. The van der Waals surface area contributed by atoms with Crippen molar-refractivity contribution in [1.29, 1.82) is 0 Å². The highest BCUT2D eigenvalue weighted by Gasteiger charge is 2.21. The van der Waals surface area contributed by atoms with Crippen LogP contribution in [-0.4, -0.2) is 60.6 Å². The van der Waals surface area contributed by atoms with Crippen molar-refractivity contribution in [3.63, 3.8) is 0 Å². The average molecular weight is 200 g/mol. The Hall–Kier alpha value is -0.610. The lowest BCUT2D eigenvalue weighted by atomic mass is 10.0. The van der Waals surface area contributed by atoms with E-state index < -0.39 is 5.97 Å². The smallest absolute Gasteiger partial charge is 0.304 e. The molecule has 0 bridgehead atoms. The fourth-order valence-electron chi connectivity index (χ4n) is 1.91. The first-order chi connectivity index (χ1) is 6.59. The Kier molecular flexibility index (Phi) is 4.35. The third kappa shape index (κ3) is 3.64. The standard InChI is InChI=1S/C10H20N2O2/c1-11(2)9-4-3-6-12(8-9)7-5-10(13)14/h9H,3-8H2,1-2H3,(H,13,14)/t9-/m0/s1. The molecule has 4 nitrogen and oxygen atoms in total. The van der Waals surface area contributed by atoms with Gasteiger partial charge in [0.1, 0.15) is 0 Å². The van der Waals surface area contributed by atoms with E-state index in [0.29, 0.717) is 12.6 Å². The highest BCUT2D eigenvalue weighted by Crippen LogP contribution is 2.13. The van der Waals surface area contributed by atoms with Crippen LogP contribution in [0.15, 0.2) is 0 Å². The summed E-state index contributed by atoms with van der Waals surface area (Å²) in [5.41, 5.74) is 0. The van der Waals surface area contributed by atoms with Crippen molar-refractivity contribution in [2.24, 2.45) is 0 Å². The van der Waals surface area contributed by atoms with Gasteiger partial charge in [-0.2, -0.15) is 0 Å². The van der Waals surface area contributed by atoms with E-state index in [9.17, 15) is 4.79 Å². The molecule has 1 fully saturated rings. The maximum Gasteiger partial charge on any atom is 0.304 e. The molecule has 0 amide bonds. The number of likely N-dealkylation sites (tertiary alicyclic amines) is 1. The van der Waals surface area contributed by atoms with Crippen LogP contribution < -0.4 is 0 Å². The zero-order valence-corrected chi connectivity index (χ0v) is 9.07. The Morgan fingerprint density at radius 1 is 1.57 bits per heavy atom. The van der Waals surface area contributed by atoms with Crippen molar-refractivity contribution in [1.82, 2.24) is 9.80 Å². The molecule has 1 heterocycles. The number of nitrogens with zero attached hydrogens (tertiary/aromatic N) is 2. The summed E-state index contributed by atoms with van der Waals surface area (Å²) >= 11 is 0. The van der Waals surface area contributed by atoms with Crippen LogP contribution in [0.3, 0.4) is 0 Å². The molecule has 1 rings (SSSR count). The van der Waals surface area contributed by atoms with Gasteiger partial charge in [0, 0.05) is 19.1 Å². The SMILES string of the molecule is CN(C)[C@H]1CCCN(CCC(=O)O)C1. The molecule has 0 radical (unpaired) electrons. The van der Waals surface area contributed by atoms with E-state index in [0.717, 1.165) is 13.1 Å². The third-order valence-corrected chi connectivity index (χ3v) is 2.85. The number of piperidine rings is 1. The van der Waals surface area contributed by atoms with Gasteiger partial charge < -0.3 is 14.9 Å². The summed E-state index contributed by atoms with van der Waals surface area (Å²) in [5.74, 6) is -0.697. The highest BCUT2D eigenvalue weighted by atomic mass is 16.4. The van der Waals surface area contributed by atoms with Gasteiger partial charge in [-0.05, 0) is 33.5 Å². The molecule has 82 valence electrons. The Balaban J connectivity index is 2.29. The molecule has 4 heteroatoms. The Morgan fingerprint density at radius 2 is 2.29 bits per heavy atom. The van der Waals surface area contributed by atoms with Gasteiger partial charge in [-0.1, -0.05) is 0 Å². The summed E-state index contributed by atoms with van der Waals surface area (Å²) in [6.45, 7) is 2.76. The van der Waals surface area contributed by atoms with Crippen LogP contribution in [0.25, 0.3) is 0 Å². The van der Waals surface area contributed by atoms with E-state index in [4.69, 9.17) is 5.11 Å². The first kappa shape index (κ1) is 11.5. The van der Waals surface area contributed by atoms with Gasteiger partial charge >= 0.3 is 5.97 Å². The second-order valence-corrected chi connectivity index (χ2v) is 4.20. The number of aliphatic carboxylic acids is 1. The molecule has 1 aliphatic rings. The van der Waals surface area contributed by atoms with Crippen LogP contribution in [0.5, 0.6) is 0 Å². The summed E-state index contributed by atoms with van der Waals surface area (Å²) in [6, 6.07) is 0.595. The molecule has 0 aromatic rings. The molecule has 0 aliphatic carbocycles. The van der Waals surface area contributed by atoms with E-state index in [1.807, 2.05) is 0 Å². The fraction of sp³-hybridized carbons (Fsp3) is 0.900. The van der Waals surface area contributed by atoms with Crippen LogP contribution >= 0.6 is 0 Å². The molecule has 0 aromatic heterocycles.